The second kappa shape index (κ2) is 3.49. The molecular weight excluding hydrogens is 243 g/mol. The summed E-state index contributed by atoms with van der Waals surface area (Å²) < 4.78 is 38.7. The van der Waals surface area contributed by atoms with Crippen LogP contribution in [0.15, 0.2) is 18.2 Å². The molecule has 1 amide bonds. The Balaban J connectivity index is 2.19. The Morgan fingerprint density at radius 3 is 2.44 bits per heavy atom. The van der Waals surface area contributed by atoms with Crippen LogP contribution in [-0.2, 0) is 16.4 Å². The van der Waals surface area contributed by atoms with Crippen molar-refractivity contribution in [2.45, 2.75) is 37.3 Å². The molecule has 2 nitrogen and oxygen atoms in total. The highest BCUT2D eigenvalue weighted by Crippen LogP contribution is 2.51. The average Bonchev–Trinajstić information content (AvgIpc) is 2.86. The fourth-order valence-electron chi connectivity index (χ4n) is 3.15. The molecule has 1 spiro atoms. The number of para-hydroxylation sites is 1. The molecule has 1 aliphatic heterocycles. The lowest BCUT2D eigenvalue weighted by molar-refractivity contribution is -0.136. The van der Waals surface area contributed by atoms with E-state index >= 15 is 0 Å². The van der Waals surface area contributed by atoms with Crippen molar-refractivity contribution in [3.63, 3.8) is 0 Å². The van der Waals surface area contributed by atoms with E-state index < -0.39 is 17.2 Å². The molecule has 2 aliphatic rings. The zero-order valence-corrected chi connectivity index (χ0v) is 9.60. The minimum absolute atomic E-state index is 0.0306. The minimum atomic E-state index is -4.43. The van der Waals surface area contributed by atoms with Crippen molar-refractivity contribution < 1.29 is 18.0 Å². The normalized spacial score (nSPS) is 21.2. The molecule has 5 heteroatoms. The van der Waals surface area contributed by atoms with E-state index in [0.29, 0.717) is 18.4 Å². The molecule has 1 aromatic carbocycles. The van der Waals surface area contributed by atoms with E-state index in [1.165, 1.54) is 6.07 Å². The van der Waals surface area contributed by atoms with Gasteiger partial charge in [-0.05, 0) is 24.5 Å². The van der Waals surface area contributed by atoms with E-state index in [9.17, 15) is 18.0 Å². The number of carbonyl (C=O) groups excluding carboxylic acids is 1. The molecule has 1 fully saturated rings. The van der Waals surface area contributed by atoms with Crippen LogP contribution in [0.25, 0.3) is 0 Å². The van der Waals surface area contributed by atoms with Crippen molar-refractivity contribution in [3.8, 4) is 0 Å². The molecule has 3 rings (SSSR count). The van der Waals surface area contributed by atoms with Crippen molar-refractivity contribution in [2.24, 2.45) is 0 Å². The number of rotatable bonds is 0. The van der Waals surface area contributed by atoms with E-state index in [-0.39, 0.29) is 11.6 Å². The van der Waals surface area contributed by atoms with Crippen LogP contribution in [0.4, 0.5) is 18.9 Å². The smallest absolute Gasteiger partial charge is 0.324 e. The van der Waals surface area contributed by atoms with Crippen LogP contribution in [0.3, 0.4) is 0 Å². The molecule has 0 bridgehead atoms. The third-order valence-electron chi connectivity index (χ3n) is 4.02. The zero-order valence-electron chi connectivity index (χ0n) is 9.60. The number of benzene rings is 1. The summed E-state index contributed by atoms with van der Waals surface area (Å²) >= 11 is 0. The standard InChI is InChI=1S/C13H12F3NO/c14-13(15,16)9-5-3-4-8-10(9)17-11(18)12(8)6-1-2-7-12/h3-5H,1-2,6-7H2,(H,17,18). The van der Waals surface area contributed by atoms with Crippen LogP contribution in [0.1, 0.15) is 36.8 Å². The molecule has 1 aliphatic carbocycles. The Hall–Kier alpha value is -1.52. The lowest BCUT2D eigenvalue weighted by Gasteiger charge is -2.20. The molecular formula is C13H12F3NO. The summed E-state index contributed by atoms with van der Waals surface area (Å²) in [7, 11) is 0. The van der Waals surface area contributed by atoms with Gasteiger partial charge in [-0.2, -0.15) is 13.2 Å². The van der Waals surface area contributed by atoms with Gasteiger partial charge in [-0.15, -0.1) is 0 Å². The van der Waals surface area contributed by atoms with Gasteiger partial charge in [-0.1, -0.05) is 25.0 Å². The molecule has 0 atom stereocenters. The number of halogens is 3. The SMILES string of the molecule is O=C1Nc2c(C(F)(F)F)cccc2C12CCCC2. The number of carbonyl (C=O) groups is 1. The molecule has 1 aromatic rings. The molecule has 1 N–H and O–H groups in total. The highest BCUT2D eigenvalue weighted by atomic mass is 19.4. The lowest BCUT2D eigenvalue weighted by atomic mass is 9.79. The fourth-order valence-corrected chi connectivity index (χ4v) is 3.15. The van der Waals surface area contributed by atoms with E-state index in [1.807, 2.05) is 0 Å². The van der Waals surface area contributed by atoms with Crippen LogP contribution >= 0.6 is 0 Å². The molecule has 96 valence electrons. The summed E-state index contributed by atoms with van der Waals surface area (Å²) in [6.07, 6.45) is -1.35. The fraction of sp³-hybridized carbons (Fsp3) is 0.462. The summed E-state index contributed by atoms with van der Waals surface area (Å²) in [5, 5.41) is 2.45. The highest BCUT2D eigenvalue weighted by molar-refractivity contribution is 6.07. The number of fused-ring (bicyclic) bond motifs is 2. The molecule has 18 heavy (non-hydrogen) atoms. The second-order valence-electron chi connectivity index (χ2n) is 4.97. The van der Waals surface area contributed by atoms with Crippen LogP contribution in [0.5, 0.6) is 0 Å². The van der Waals surface area contributed by atoms with Gasteiger partial charge in [0.25, 0.3) is 0 Å². The van der Waals surface area contributed by atoms with Gasteiger partial charge in [-0.25, -0.2) is 0 Å². The van der Waals surface area contributed by atoms with Crippen LogP contribution < -0.4 is 5.32 Å². The quantitative estimate of drug-likeness (QED) is 0.755. The Morgan fingerprint density at radius 1 is 1.17 bits per heavy atom. The summed E-state index contributed by atoms with van der Waals surface area (Å²) in [5.74, 6) is -0.272. The predicted octanol–water partition coefficient (Wildman–Crippen LogP) is 3.47. The van der Waals surface area contributed by atoms with E-state index in [0.717, 1.165) is 18.9 Å². The van der Waals surface area contributed by atoms with Gasteiger partial charge in [0.2, 0.25) is 5.91 Å². The van der Waals surface area contributed by atoms with Crippen molar-refractivity contribution in [1.29, 1.82) is 0 Å². The molecule has 0 radical (unpaired) electrons. The third-order valence-corrected chi connectivity index (χ3v) is 4.02. The highest BCUT2D eigenvalue weighted by Gasteiger charge is 2.51. The first-order valence-corrected chi connectivity index (χ1v) is 5.97. The largest absolute Gasteiger partial charge is 0.418 e. The number of nitrogens with one attached hydrogen (secondary N) is 1. The van der Waals surface area contributed by atoms with Crippen molar-refractivity contribution >= 4 is 11.6 Å². The van der Waals surface area contributed by atoms with Gasteiger partial charge < -0.3 is 5.32 Å². The van der Waals surface area contributed by atoms with Crippen molar-refractivity contribution in [1.82, 2.24) is 0 Å². The van der Waals surface area contributed by atoms with Crippen LogP contribution in [0, 0.1) is 0 Å². The van der Waals surface area contributed by atoms with Crippen LogP contribution in [-0.4, -0.2) is 5.91 Å². The van der Waals surface area contributed by atoms with Crippen LogP contribution in [0.2, 0.25) is 0 Å². The van der Waals surface area contributed by atoms with Gasteiger partial charge in [0.1, 0.15) is 0 Å². The predicted molar refractivity (Wildman–Crippen MR) is 60.2 cm³/mol. The van der Waals surface area contributed by atoms with Gasteiger partial charge >= 0.3 is 6.18 Å². The third kappa shape index (κ3) is 1.39. The first-order valence-electron chi connectivity index (χ1n) is 5.97. The number of anilines is 1. The Labute approximate surface area is 102 Å². The van der Waals surface area contributed by atoms with E-state index in [2.05, 4.69) is 5.32 Å². The number of alkyl halides is 3. The first-order chi connectivity index (χ1) is 8.45. The Morgan fingerprint density at radius 2 is 1.83 bits per heavy atom. The Kier molecular flexibility index (Phi) is 2.24. The zero-order chi connectivity index (χ0) is 13.0. The number of amides is 1. The number of hydrogen-bond acceptors (Lipinski definition) is 1. The van der Waals surface area contributed by atoms with Crippen molar-refractivity contribution in [3.05, 3.63) is 29.3 Å². The lowest BCUT2D eigenvalue weighted by Crippen LogP contribution is -2.30. The molecule has 1 saturated carbocycles. The molecule has 0 saturated heterocycles. The molecule has 0 aromatic heterocycles. The van der Waals surface area contributed by atoms with Gasteiger partial charge in [0.05, 0.1) is 16.7 Å². The second-order valence-corrected chi connectivity index (χ2v) is 4.97. The van der Waals surface area contributed by atoms with E-state index in [4.69, 9.17) is 0 Å². The van der Waals surface area contributed by atoms with Gasteiger partial charge in [0.15, 0.2) is 0 Å². The maximum absolute atomic E-state index is 12.9. The average molecular weight is 255 g/mol. The summed E-state index contributed by atoms with van der Waals surface area (Å²) in [5.41, 5.74) is -0.954. The monoisotopic (exact) mass is 255 g/mol. The summed E-state index contributed by atoms with van der Waals surface area (Å²) in [4.78, 5) is 12.1. The van der Waals surface area contributed by atoms with Gasteiger partial charge in [0, 0.05) is 0 Å². The minimum Gasteiger partial charge on any atom is -0.324 e. The summed E-state index contributed by atoms with van der Waals surface area (Å²) in [6, 6.07) is 4.06. The van der Waals surface area contributed by atoms with E-state index in [1.54, 1.807) is 6.07 Å². The Bertz CT molecular complexity index is 515. The molecule has 1 heterocycles. The topological polar surface area (TPSA) is 29.1 Å². The maximum atomic E-state index is 12.9. The number of hydrogen-bond donors (Lipinski definition) is 1. The van der Waals surface area contributed by atoms with Crippen molar-refractivity contribution in [2.75, 3.05) is 5.32 Å². The molecule has 0 unspecified atom stereocenters. The van der Waals surface area contributed by atoms with Gasteiger partial charge in [-0.3, -0.25) is 4.79 Å². The summed E-state index contributed by atoms with van der Waals surface area (Å²) in [6.45, 7) is 0. The first kappa shape index (κ1) is 11.6. The maximum Gasteiger partial charge on any atom is 0.418 e.